The second-order valence-corrected chi connectivity index (χ2v) is 2.86. The van der Waals surface area contributed by atoms with Crippen molar-refractivity contribution < 1.29 is 43.5 Å². The Morgan fingerprint density at radius 1 is 1.11 bits per heavy atom. The van der Waals surface area contributed by atoms with Crippen LogP contribution in [0.2, 0.25) is 0 Å². The Morgan fingerprint density at radius 3 is 1.94 bits per heavy atom. The van der Waals surface area contributed by atoms with Crippen LogP contribution in [0, 0.1) is 0 Å². The van der Waals surface area contributed by atoms with Gasteiger partial charge >= 0.3 is 18.3 Å². The molecule has 9 heteroatoms. The summed E-state index contributed by atoms with van der Waals surface area (Å²) in [6, 6.07) is 0. The third-order valence-corrected chi connectivity index (χ3v) is 1.45. The number of carboxylic acid groups (broad SMARTS) is 2. The van der Waals surface area contributed by atoms with Gasteiger partial charge in [-0.3, -0.25) is 0 Å². The van der Waals surface area contributed by atoms with E-state index in [1.807, 2.05) is 0 Å². The van der Waals surface area contributed by atoms with Crippen LogP contribution in [0.25, 0.3) is 0 Å². The van der Waals surface area contributed by atoms with Crippen molar-refractivity contribution >= 4 is 18.3 Å². The highest BCUT2D eigenvalue weighted by molar-refractivity contribution is 5.71. The number of hydrogen-bond donors (Lipinski definition) is 2. The number of carbonyl (C=O) groups excluding carboxylic acids is 1. The summed E-state index contributed by atoms with van der Waals surface area (Å²) in [6.07, 6.45) is -2.51. The monoisotopic (exact) mass is 266 g/mol. The van der Waals surface area contributed by atoms with Gasteiger partial charge in [-0.05, 0) is 0 Å². The van der Waals surface area contributed by atoms with Crippen LogP contribution in [0.1, 0.15) is 6.42 Å². The predicted molar refractivity (Wildman–Crippen MR) is 54.3 cm³/mol. The van der Waals surface area contributed by atoms with Crippen molar-refractivity contribution in [3.63, 3.8) is 0 Å². The lowest BCUT2D eigenvalue weighted by molar-refractivity contribution is -0.159. The molecule has 1 heterocycles. The number of ether oxygens (including phenoxy) is 4. The van der Waals surface area contributed by atoms with E-state index in [4.69, 9.17) is 14.9 Å². The Balaban J connectivity index is 0.000000351. The zero-order chi connectivity index (χ0) is 13.8. The molecular weight excluding hydrogens is 252 g/mol. The van der Waals surface area contributed by atoms with E-state index in [0.717, 1.165) is 0 Å². The number of cyclic esters (lactones) is 1. The summed E-state index contributed by atoms with van der Waals surface area (Å²) in [7, 11) is 0. The van der Waals surface area contributed by atoms with E-state index in [0.29, 0.717) is 13.2 Å². The summed E-state index contributed by atoms with van der Waals surface area (Å²) in [5.74, 6) is -0.258. The number of esters is 1. The lowest BCUT2D eigenvalue weighted by Crippen LogP contribution is -2.22. The summed E-state index contributed by atoms with van der Waals surface area (Å²) in [6.45, 7) is 0.982. The van der Waals surface area contributed by atoms with E-state index in [-0.39, 0.29) is 32.2 Å². The fourth-order valence-electron chi connectivity index (χ4n) is 0.789. The van der Waals surface area contributed by atoms with Gasteiger partial charge in [0.25, 0.3) is 0 Å². The van der Waals surface area contributed by atoms with Crippen LogP contribution in [-0.4, -0.2) is 61.5 Å². The fourth-order valence-corrected chi connectivity index (χ4v) is 0.789. The van der Waals surface area contributed by atoms with E-state index in [2.05, 4.69) is 14.2 Å². The van der Waals surface area contributed by atoms with Gasteiger partial charge in [-0.1, -0.05) is 0 Å². The normalized spacial score (nSPS) is 13.7. The van der Waals surface area contributed by atoms with Gasteiger partial charge in [0.2, 0.25) is 0 Å². The second kappa shape index (κ2) is 10.1. The maximum atomic E-state index is 10.1. The third-order valence-electron chi connectivity index (χ3n) is 1.45. The predicted octanol–water partition coefficient (Wildman–Crippen LogP) is 0.325. The van der Waals surface area contributed by atoms with E-state index in [1.165, 1.54) is 0 Å². The second-order valence-electron chi connectivity index (χ2n) is 2.86. The molecule has 0 aliphatic carbocycles. The van der Waals surface area contributed by atoms with E-state index < -0.39 is 12.3 Å². The van der Waals surface area contributed by atoms with Crippen molar-refractivity contribution in [1.82, 2.24) is 0 Å². The van der Waals surface area contributed by atoms with Crippen LogP contribution < -0.4 is 0 Å². The van der Waals surface area contributed by atoms with Crippen LogP contribution in [0.15, 0.2) is 0 Å². The van der Waals surface area contributed by atoms with Crippen LogP contribution >= 0.6 is 0 Å². The summed E-state index contributed by atoms with van der Waals surface area (Å²) in [4.78, 5) is 29.5. The molecule has 0 amide bonds. The van der Waals surface area contributed by atoms with Crippen LogP contribution in [0.4, 0.5) is 9.59 Å². The van der Waals surface area contributed by atoms with Crippen LogP contribution in [-0.2, 0) is 23.7 Å². The Hall–Kier alpha value is -2.03. The van der Waals surface area contributed by atoms with Gasteiger partial charge in [0.15, 0.2) is 0 Å². The number of hydrogen-bond acceptors (Lipinski definition) is 7. The maximum absolute atomic E-state index is 10.1. The summed E-state index contributed by atoms with van der Waals surface area (Å²) in [5.41, 5.74) is 0. The molecule has 0 saturated carbocycles. The van der Waals surface area contributed by atoms with Crippen LogP contribution in [0.5, 0.6) is 0 Å². The minimum atomic E-state index is -1.37. The molecule has 0 aromatic rings. The first-order chi connectivity index (χ1) is 8.52. The first-order valence-corrected chi connectivity index (χ1v) is 4.97. The highest BCUT2D eigenvalue weighted by Crippen LogP contribution is 1.88. The topological polar surface area (TPSA) is 129 Å². The lowest BCUT2D eigenvalue weighted by Gasteiger charge is -2.09. The van der Waals surface area contributed by atoms with Crippen molar-refractivity contribution in [2.24, 2.45) is 0 Å². The van der Waals surface area contributed by atoms with Gasteiger partial charge in [-0.15, -0.1) is 0 Å². The quantitative estimate of drug-likeness (QED) is 0.420. The molecule has 0 aromatic heterocycles. The average Bonchev–Trinajstić information content (AvgIpc) is 2.29. The molecule has 104 valence electrons. The summed E-state index contributed by atoms with van der Waals surface area (Å²) < 4.78 is 17.4. The van der Waals surface area contributed by atoms with Gasteiger partial charge < -0.3 is 29.2 Å². The molecule has 9 nitrogen and oxygen atoms in total. The molecule has 0 bridgehead atoms. The maximum Gasteiger partial charge on any atom is 0.505 e. The molecule has 1 rings (SSSR count). The standard InChI is InChI=1S/C5H8O6.C4H6O3/c6-4(7)10-2-1-3-11-5(8)9;5-4-3-6-1-2-7-4/h1-3H2,(H,6,7)(H,8,9);1-3H2. The summed E-state index contributed by atoms with van der Waals surface area (Å²) >= 11 is 0. The highest BCUT2D eigenvalue weighted by Gasteiger charge is 2.06. The molecule has 1 aliphatic heterocycles. The lowest BCUT2D eigenvalue weighted by atomic mass is 10.5. The molecule has 2 N–H and O–H groups in total. The molecule has 1 saturated heterocycles. The Labute approximate surface area is 102 Å². The van der Waals surface area contributed by atoms with E-state index in [9.17, 15) is 14.4 Å². The molecule has 0 aromatic carbocycles. The largest absolute Gasteiger partial charge is 0.505 e. The molecule has 0 unspecified atom stereocenters. The van der Waals surface area contributed by atoms with Crippen molar-refractivity contribution in [2.75, 3.05) is 33.0 Å². The average molecular weight is 266 g/mol. The van der Waals surface area contributed by atoms with E-state index >= 15 is 0 Å². The van der Waals surface area contributed by atoms with Crippen molar-refractivity contribution in [2.45, 2.75) is 6.42 Å². The SMILES string of the molecule is O=C(O)OCCCOC(=O)O.O=C1COCCO1. The zero-order valence-electron chi connectivity index (χ0n) is 9.49. The minimum absolute atomic E-state index is 0.0530. The summed E-state index contributed by atoms with van der Waals surface area (Å²) in [5, 5.41) is 15.9. The third kappa shape index (κ3) is 12.0. The van der Waals surface area contributed by atoms with Crippen molar-refractivity contribution in [3.8, 4) is 0 Å². The molecular formula is C9H14O9. The molecule has 0 spiro atoms. The fraction of sp³-hybridized carbons (Fsp3) is 0.667. The first kappa shape index (κ1) is 16.0. The van der Waals surface area contributed by atoms with Gasteiger partial charge in [0, 0.05) is 6.42 Å². The Kier molecular flexibility index (Phi) is 9.00. The molecule has 0 atom stereocenters. The van der Waals surface area contributed by atoms with Crippen LogP contribution in [0.3, 0.4) is 0 Å². The Morgan fingerprint density at radius 2 is 1.67 bits per heavy atom. The van der Waals surface area contributed by atoms with Crippen molar-refractivity contribution in [3.05, 3.63) is 0 Å². The zero-order valence-corrected chi connectivity index (χ0v) is 9.49. The highest BCUT2D eigenvalue weighted by atomic mass is 16.7. The minimum Gasteiger partial charge on any atom is -0.462 e. The van der Waals surface area contributed by atoms with E-state index in [1.54, 1.807) is 0 Å². The smallest absolute Gasteiger partial charge is 0.462 e. The molecule has 0 radical (unpaired) electrons. The number of carbonyl (C=O) groups is 3. The van der Waals surface area contributed by atoms with Gasteiger partial charge in [0.1, 0.15) is 13.2 Å². The first-order valence-electron chi connectivity index (χ1n) is 4.97. The van der Waals surface area contributed by atoms with Crippen molar-refractivity contribution in [1.29, 1.82) is 0 Å². The molecule has 1 fully saturated rings. The van der Waals surface area contributed by atoms with Gasteiger partial charge in [-0.25, -0.2) is 14.4 Å². The van der Waals surface area contributed by atoms with Gasteiger partial charge in [-0.2, -0.15) is 0 Å². The molecule has 1 aliphatic rings. The Bertz CT molecular complexity index is 251. The van der Waals surface area contributed by atoms with Gasteiger partial charge in [0.05, 0.1) is 19.8 Å². The molecule has 18 heavy (non-hydrogen) atoms. The number of rotatable bonds is 4.